The Kier molecular flexibility index (Phi) is 4.46. The molecule has 1 N–H and O–H groups in total. The van der Waals surface area contributed by atoms with E-state index in [1.165, 1.54) is 5.75 Å². The first-order valence-electron chi connectivity index (χ1n) is 4.77. The molecule has 1 rings (SSSR count). The summed E-state index contributed by atoms with van der Waals surface area (Å²) in [5.41, 5.74) is 0. The standard InChI is InChI=1S/C9H17F2NS/c1-6(9(10)11)12-8-4-3-5-13-7(8)2/h6-9,12H,3-5H2,1-2H3. The van der Waals surface area contributed by atoms with Gasteiger partial charge in [-0.15, -0.1) is 0 Å². The van der Waals surface area contributed by atoms with Gasteiger partial charge in [0.1, 0.15) is 0 Å². The smallest absolute Gasteiger partial charge is 0.253 e. The third-order valence-electron chi connectivity index (χ3n) is 2.46. The van der Waals surface area contributed by atoms with E-state index in [1.807, 2.05) is 11.8 Å². The average Bonchev–Trinajstić information content (AvgIpc) is 2.08. The third-order valence-corrected chi connectivity index (χ3v) is 3.84. The minimum Gasteiger partial charge on any atom is -0.305 e. The summed E-state index contributed by atoms with van der Waals surface area (Å²) in [6.07, 6.45) is -0.0763. The number of rotatable bonds is 3. The Morgan fingerprint density at radius 3 is 2.69 bits per heavy atom. The van der Waals surface area contributed by atoms with Gasteiger partial charge in [-0.2, -0.15) is 11.8 Å². The maximum atomic E-state index is 12.2. The lowest BCUT2D eigenvalue weighted by molar-refractivity contribution is 0.0988. The van der Waals surface area contributed by atoms with Crippen molar-refractivity contribution in [2.45, 2.75) is 50.4 Å². The molecule has 1 fully saturated rings. The van der Waals surface area contributed by atoms with Crippen molar-refractivity contribution < 1.29 is 8.78 Å². The van der Waals surface area contributed by atoms with Crippen LogP contribution in [0.25, 0.3) is 0 Å². The van der Waals surface area contributed by atoms with E-state index in [2.05, 4.69) is 12.2 Å². The molecule has 1 saturated heterocycles. The van der Waals surface area contributed by atoms with Gasteiger partial charge in [0.2, 0.25) is 0 Å². The zero-order valence-corrected chi connectivity index (χ0v) is 8.91. The van der Waals surface area contributed by atoms with Crippen LogP contribution in [0.1, 0.15) is 26.7 Å². The average molecular weight is 209 g/mol. The van der Waals surface area contributed by atoms with Crippen LogP contribution in [0.15, 0.2) is 0 Å². The molecule has 3 atom stereocenters. The van der Waals surface area contributed by atoms with Crippen molar-refractivity contribution >= 4 is 11.8 Å². The van der Waals surface area contributed by atoms with Gasteiger partial charge >= 0.3 is 0 Å². The minimum absolute atomic E-state index is 0.266. The van der Waals surface area contributed by atoms with E-state index < -0.39 is 12.5 Å². The highest BCUT2D eigenvalue weighted by molar-refractivity contribution is 7.99. The van der Waals surface area contributed by atoms with Crippen molar-refractivity contribution in [1.29, 1.82) is 0 Å². The molecule has 1 aliphatic heterocycles. The molecule has 13 heavy (non-hydrogen) atoms. The van der Waals surface area contributed by atoms with Crippen molar-refractivity contribution in [3.63, 3.8) is 0 Å². The molecule has 0 amide bonds. The molecule has 78 valence electrons. The van der Waals surface area contributed by atoms with E-state index in [1.54, 1.807) is 6.92 Å². The fourth-order valence-corrected chi connectivity index (χ4v) is 2.70. The molecule has 0 aromatic carbocycles. The van der Waals surface area contributed by atoms with Crippen LogP contribution in [0.5, 0.6) is 0 Å². The van der Waals surface area contributed by atoms with E-state index in [0.29, 0.717) is 5.25 Å². The number of halogens is 2. The predicted molar refractivity (Wildman–Crippen MR) is 53.5 cm³/mol. The molecule has 4 heteroatoms. The first-order chi connectivity index (χ1) is 6.11. The molecular formula is C9H17F2NS. The van der Waals surface area contributed by atoms with Crippen LogP contribution < -0.4 is 5.32 Å². The molecule has 0 bridgehead atoms. The lowest BCUT2D eigenvalue weighted by Gasteiger charge is -2.31. The lowest BCUT2D eigenvalue weighted by atomic mass is 10.1. The fraction of sp³-hybridized carbons (Fsp3) is 1.00. The third kappa shape index (κ3) is 3.43. The van der Waals surface area contributed by atoms with Crippen molar-refractivity contribution in [3.8, 4) is 0 Å². The quantitative estimate of drug-likeness (QED) is 0.766. The molecule has 0 saturated carbocycles. The summed E-state index contributed by atoms with van der Waals surface area (Å²) >= 11 is 1.87. The number of thioether (sulfide) groups is 1. The molecule has 0 aliphatic carbocycles. The van der Waals surface area contributed by atoms with Gasteiger partial charge in [-0.05, 0) is 25.5 Å². The van der Waals surface area contributed by atoms with Gasteiger partial charge in [-0.25, -0.2) is 8.78 Å². The molecule has 1 aliphatic rings. The van der Waals surface area contributed by atoms with Crippen molar-refractivity contribution in [2.75, 3.05) is 5.75 Å². The summed E-state index contributed by atoms with van der Waals surface area (Å²) in [6, 6.07) is -0.408. The lowest BCUT2D eigenvalue weighted by Crippen LogP contribution is -2.46. The first-order valence-corrected chi connectivity index (χ1v) is 5.82. The summed E-state index contributed by atoms with van der Waals surface area (Å²) in [6.45, 7) is 3.66. The summed E-state index contributed by atoms with van der Waals surface area (Å²) in [5.74, 6) is 1.17. The van der Waals surface area contributed by atoms with Gasteiger partial charge < -0.3 is 5.32 Å². The monoisotopic (exact) mass is 209 g/mol. The Labute approximate surface area is 82.7 Å². The highest BCUT2D eigenvalue weighted by atomic mass is 32.2. The predicted octanol–water partition coefficient (Wildman–Crippen LogP) is 2.51. The zero-order chi connectivity index (χ0) is 9.84. The van der Waals surface area contributed by atoms with Crippen LogP contribution in [0.3, 0.4) is 0 Å². The largest absolute Gasteiger partial charge is 0.305 e. The molecule has 3 unspecified atom stereocenters. The van der Waals surface area contributed by atoms with Gasteiger partial charge in [-0.3, -0.25) is 0 Å². The number of hydrogen-bond acceptors (Lipinski definition) is 2. The van der Waals surface area contributed by atoms with Gasteiger partial charge in [-0.1, -0.05) is 6.92 Å². The molecule has 1 nitrogen and oxygen atoms in total. The van der Waals surface area contributed by atoms with Crippen LogP contribution >= 0.6 is 11.8 Å². The van der Waals surface area contributed by atoms with Crippen LogP contribution in [0.4, 0.5) is 8.78 Å². The van der Waals surface area contributed by atoms with E-state index in [9.17, 15) is 8.78 Å². The van der Waals surface area contributed by atoms with Crippen LogP contribution in [-0.2, 0) is 0 Å². The second-order valence-corrected chi connectivity index (χ2v) is 5.10. The normalized spacial score (nSPS) is 32.1. The SMILES string of the molecule is CC(NC1CCCSC1C)C(F)F. The van der Waals surface area contributed by atoms with Crippen molar-refractivity contribution in [1.82, 2.24) is 5.32 Å². The van der Waals surface area contributed by atoms with E-state index in [4.69, 9.17) is 0 Å². The van der Waals surface area contributed by atoms with Crippen molar-refractivity contribution in [3.05, 3.63) is 0 Å². The van der Waals surface area contributed by atoms with E-state index >= 15 is 0 Å². The topological polar surface area (TPSA) is 12.0 Å². The molecule has 1 heterocycles. The van der Waals surface area contributed by atoms with Gasteiger partial charge in [0.15, 0.2) is 0 Å². The van der Waals surface area contributed by atoms with Gasteiger partial charge in [0.05, 0.1) is 6.04 Å². The molecule has 0 aromatic rings. The highest BCUT2D eigenvalue weighted by Gasteiger charge is 2.25. The number of hydrogen-bond donors (Lipinski definition) is 1. The molecule has 0 spiro atoms. The van der Waals surface area contributed by atoms with E-state index in [0.717, 1.165) is 12.8 Å². The Morgan fingerprint density at radius 2 is 2.15 bits per heavy atom. The summed E-state index contributed by atoms with van der Waals surface area (Å²) in [4.78, 5) is 0. The Hall–Kier alpha value is 0.170. The first kappa shape index (κ1) is 11.2. The number of nitrogens with one attached hydrogen (secondary N) is 1. The fourth-order valence-electron chi connectivity index (χ4n) is 1.55. The second kappa shape index (κ2) is 5.15. The zero-order valence-electron chi connectivity index (χ0n) is 8.09. The summed E-state index contributed by atoms with van der Waals surface area (Å²) in [7, 11) is 0. The van der Waals surface area contributed by atoms with Gasteiger partial charge in [0, 0.05) is 11.3 Å². The van der Waals surface area contributed by atoms with E-state index in [-0.39, 0.29) is 6.04 Å². The molecule has 0 radical (unpaired) electrons. The van der Waals surface area contributed by atoms with Crippen LogP contribution in [-0.4, -0.2) is 29.5 Å². The maximum absolute atomic E-state index is 12.2. The minimum atomic E-state index is -2.25. The Bertz CT molecular complexity index is 155. The Balaban J connectivity index is 2.33. The van der Waals surface area contributed by atoms with Crippen molar-refractivity contribution in [2.24, 2.45) is 0 Å². The summed E-state index contributed by atoms with van der Waals surface area (Å²) in [5, 5.41) is 3.46. The highest BCUT2D eigenvalue weighted by Crippen LogP contribution is 2.25. The Morgan fingerprint density at radius 1 is 1.46 bits per heavy atom. The molecular weight excluding hydrogens is 192 g/mol. The number of alkyl halides is 2. The van der Waals surface area contributed by atoms with Crippen LogP contribution in [0.2, 0.25) is 0 Å². The second-order valence-electron chi connectivity index (χ2n) is 3.61. The van der Waals surface area contributed by atoms with Gasteiger partial charge in [0.25, 0.3) is 6.43 Å². The summed E-state index contributed by atoms with van der Waals surface area (Å²) < 4.78 is 24.5. The van der Waals surface area contributed by atoms with Crippen LogP contribution in [0, 0.1) is 0 Å². The maximum Gasteiger partial charge on any atom is 0.253 e. The molecule has 0 aromatic heterocycles.